The van der Waals surface area contributed by atoms with Gasteiger partial charge in [0.2, 0.25) is 0 Å². The molecule has 2 nitrogen and oxygen atoms in total. The minimum Gasteiger partial charge on any atom is -0.494 e. The second-order valence-corrected chi connectivity index (χ2v) is 5.89. The fourth-order valence-electron chi connectivity index (χ4n) is 2.08. The zero-order valence-electron chi connectivity index (χ0n) is 11.5. The molecule has 0 amide bonds. The van der Waals surface area contributed by atoms with Gasteiger partial charge in [-0.25, -0.2) is 0 Å². The predicted octanol–water partition coefficient (Wildman–Crippen LogP) is 4.86. The predicted molar refractivity (Wildman–Crippen MR) is 87.5 cm³/mol. The van der Waals surface area contributed by atoms with E-state index < -0.39 is 0 Å². The molecule has 0 aliphatic rings. The molecule has 0 aliphatic heterocycles. The number of benzene rings is 2. The highest BCUT2D eigenvalue weighted by Gasteiger charge is 2.15. The van der Waals surface area contributed by atoms with Crippen molar-refractivity contribution < 1.29 is 4.74 Å². The minimum absolute atomic E-state index is 0.245. The molecule has 0 radical (unpaired) electrons. The molecule has 20 heavy (non-hydrogen) atoms. The summed E-state index contributed by atoms with van der Waals surface area (Å²) < 4.78 is 6.52. The number of halogens is 2. The zero-order chi connectivity index (χ0) is 14.7. The van der Waals surface area contributed by atoms with Gasteiger partial charge in [-0.15, -0.1) is 0 Å². The van der Waals surface area contributed by atoms with Crippen molar-refractivity contribution in [1.29, 1.82) is 0 Å². The quantitative estimate of drug-likeness (QED) is 0.851. The van der Waals surface area contributed by atoms with E-state index in [0.717, 1.165) is 26.9 Å². The van der Waals surface area contributed by atoms with E-state index in [1.165, 1.54) is 0 Å². The molecule has 2 rings (SSSR count). The van der Waals surface area contributed by atoms with Crippen LogP contribution in [-0.4, -0.2) is 6.61 Å². The zero-order valence-corrected chi connectivity index (χ0v) is 13.8. The van der Waals surface area contributed by atoms with Gasteiger partial charge in [0.25, 0.3) is 0 Å². The largest absolute Gasteiger partial charge is 0.494 e. The Balaban J connectivity index is 2.43. The van der Waals surface area contributed by atoms with E-state index in [2.05, 4.69) is 22.0 Å². The topological polar surface area (TPSA) is 35.2 Å². The number of ether oxygens (including phenoxy) is 1. The van der Waals surface area contributed by atoms with Gasteiger partial charge in [-0.2, -0.15) is 0 Å². The van der Waals surface area contributed by atoms with Crippen LogP contribution in [0.25, 0.3) is 0 Å². The van der Waals surface area contributed by atoms with Gasteiger partial charge in [0, 0.05) is 10.0 Å². The monoisotopic (exact) mass is 353 g/mol. The molecule has 0 spiro atoms. The third-order valence-electron chi connectivity index (χ3n) is 3.10. The Kier molecular flexibility index (Phi) is 5.08. The van der Waals surface area contributed by atoms with Gasteiger partial charge in [0.1, 0.15) is 5.75 Å². The van der Waals surface area contributed by atoms with E-state index in [0.29, 0.717) is 11.6 Å². The summed E-state index contributed by atoms with van der Waals surface area (Å²) in [6.45, 7) is 4.63. The summed E-state index contributed by atoms with van der Waals surface area (Å²) in [6, 6.07) is 11.6. The average molecular weight is 355 g/mol. The van der Waals surface area contributed by atoms with E-state index in [4.69, 9.17) is 22.1 Å². The number of hydrogen-bond acceptors (Lipinski definition) is 2. The Morgan fingerprint density at radius 3 is 2.65 bits per heavy atom. The summed E-state index contributed by atoms with van der Waals surface area (Å²) in [7, 11) is 0. The summed E-state index contributed by atoms with van der Waals surface area (Å²) in [5.41, 5.74) is 9.53. The van der Waals surface area contributed by atoms with Crippen LogP contribution in [0.2, 0.25) is 5.02 Å². The lowest BCUT2D eigenvalue weighted by Gasteiger charge is -2.18. The van der Waals surface area contributed by atoms with Gasteiger partial charge < -0.3 is 10.5 Å². The normalized spacial score (nSPS) is 12.2. The van der Waals surface area contributed by atoms with Crippen LogP contribution in [0, 0.1) is 6.92 Å². The third-order valence-corrected chi connectivity index (χ3v) is 4.32. The second-order valence-electron chi connectivity index (χ2n) is 4.63. The maximum Gasteiger partial charge on any atom is 0.124 e. The van der Waals surface area contributed by atoms with Crippen LogP contribution in [0.15, 0.2) is 40.9 Å². The molecular formula is C16H17BrClNO. The van der Waals surface area contributed by atoms with Crippen molar-refractivity contribution in [3.05, 3.63) is 62.6 Å². The van der Waals surface area contributed by atoms with Crippen molar-refractivity contribution in [3.8, 4) is 5.75 Å². The lowest BCUT2D eigenvalue weighted by atomic mass is 9.97. The first kappa shape index (κ1) is 15.4. The first-order valence-electron chi connectivity index (χ1n) is 6.46. The Morgan fingerprint density at radius 2 is 2.00 bits per heavy atom. The third kappa shape index (κ3) is 3.35. The molecule has 106 valence electrons. The maximum atomic E-state index is 6.39. The molecule has 0 bridgehead atoms. The number of nitrogens with two attached hydrogens (primary N) is 1. The first-order valence-corrected chi connectivity index (χ1v) is 7.64. The summed E-state index contributed by atoms with van der Waals surface area (Å²) in [6.07, 6.45) is 0. The molecule has 4 heteroatoms. The fraction of sp³-hybridized carbons (Fsp3) is 0.250. The molecule has 2 aromatic rings. The molecule has 0 aromatic heterocycles. The van der Waals surface area contributed by atoms with Crippen LogP contribution in [0.5, 0.6) is 5.75 Å². The van der Waals surface area contributed by atoms with Crippen LogP contribution < -0.4 is 10.5 Å². The van der Waals surface area contributed by atoms with E-state index >= 15 is 0 Å². The summed E-state index contributed by atoms with van der Waals surface area (Å²) in [5, 5.41) is 0.676. The molecule has 0 fully saturated rings. The number of rotatable bonds is 4. The highest BCUT2D eigenvalue weighted by molar-refractivity contribution is 9.10. The average Bonchev–Trinajstić information content (AvgIpc) is 2.43. The molecule has 2 N–H and O–H groups in total. The van der Waals surface area contributed by atoms with Crippen molar-refractivity contribution in [2.75, 3.05) is 6.61 Å². The van der Waals surface area contributed by atoms with Crippen molar-refractivity contribution in [1.82, 2.24) is 0 Å². The molecule has 0 saturated carbocycles. The van der Waals surface area contributed by atoms with Gasteiger partial charge in [-0.3, -0.25) is 0 Å². The second kappa shape index (κ2) is 6.61. The first-order chi connectivity index (χ1) is 9.52. The highest BCUT2D eigenvalue weighted by Crippen LogP contribution is 2.32. The SMILES string of the molecule is CCOc1ccc(C)cc1C(N)c1ccc(Cl)c(Br)c1. The standard InChI is InChI=1S/C16H17BrClNO/c1-3-20-15-7-4-10(2)8-12(15)16(19)11-5-6-14(18)13(17)9-11/h4-9,16H,3,19H2,1-2H3. The maximum absolute atomic E-state index is 6.39. The van der Waals surface area contributed by atoms with Gasteiger partial charge in [0.05, 0.1) is 17.7 Å². The van der Waals surface area contributed by atoms with Crippen molar-refractivity contribution in [3.63, 3.8) is 0 Å². The molecule has 1 atom stereocenters. The van der Waals surface area contributed by atoms with Crippen LogP contribution >= 0.6 is 27.5 Å². The van der Waals surface area contributed by atoms with E-state index in [1.54, 1.807) is 0 Å². The van der Waals surface area contributed by atoms with Crippen molar-refractivity contribution >= 4 is 27.5 Å². The van der Waals surface area contributed by atoms with Crippen LogP contribution in [0.4, 0.5) is 0 Å². The molecule has 1 unspecified atom stereocenters. The molecule has 0 aliphatic carbocycles. The van der Waals surface area contributed by atoms with Gasteiger partial charge >= 0.3 is 0 Å². The summed E-state index contributed by atoms with van der Waals surface area (Å²) in [5.74, 6) is 0.830. The van der Waals surface area contributed by atoms with Gasteiger partial charge in [-0.1, -0.05) is 35.4 Å². The van der Waals surface area contributed by atoms with E-state index in [-0.39, 0.29) is 6.04 Å². The molecular weight excluding hydrogens is 338 g/mol. The lowest BCUT2D eigenvalue weighted by molar-refractivity contribution is 0.335. The molecule has 2 aromatic carbocycles. The summed E-state index contributed by atoms with van der Waals surface area (Å²) >= 11 is 9.46. The van der Waals surface area contributed by atoms with Crippen molar-refractivity contribution in [2.45, 2.75) is 19.9 Å². The summed E-state index contributed by atoms with van der Waals surface area (Å²) in [4.78, 5) is 0. The lowest BCUT2D eigenvalue weighted by Crippen LogP contribution is -2.14. The van der Waals surface area contributed by atoms with Gasteiger partial charge in [0.15, 0.2) is 0 Å². The van der Waals surface area contributed by atoms with Crippen LogP contribution in [0.1, 0.15) is 29.7 Å². The fourth-order valence-corrected chi connectivity index (χ4v) is 2.60. The van der Waals surface area contributed by atoms with Crippen molar-refractivity contribution in [2.24, 2.45) is 5.73 Å². The minimum atomic E-state index is -0.245. The Hall–Kier alpha value is -1.03. The van der Waals surface area contributed by atoms with Crippen LogP contribution in [-0.2, 0) is 0 Å². The number of hydrogen-bond donors (Lipinski definition) is 1. The Bertz CT molecular complexity index is 615. The van der Waals surface area contributed by atoms with E-state index in [9.17, 15) is 0 Å². The van der Waals surface area contributed by atoms with Crippen LogP contribution in [0.3, 0.4) is 0 Å². The highest BCUT2D eigenvalue weighted by atomic mass is 79.9. The number of aryl methyl sites for hydroxylation is 1. The smallest absolute Gasteiger partial charge is 0.124 e. The van der Waals surface area contributed by atoms with E-state index in [1.807, 2.05) is 44.2 Å². The molecule has 0 saturated heterocycles. The van der Waals surface area contributed by atoms with Gasteiger partial charge in [-0.05, 0) is 53.5 Å². The Labute approximate surface area is 133 Å². The Morgan fingerprint density at radius 1 is 1.25 bits per heavy atom. The molecule has 0 heterocycles.